The first-order valence-corrected chi connectivity index (χ1v) is 7.36. The van der Waals surface area contributed by atoms with Crippen molar-refractivity contribution in [2.24, 2.45) is 11.8 Å². The van der Waals surface area contributed by atoms with Crippen LogP contribution in [0.25, 0.3) is 0 Å². The van der Waals surface area contributed by atoms with Gasteiger partial charge in [0.25, 0.3) is 0 Å². The van der Waals surface area contributed by atoms with Gasteiger partial charge in [0, 0.05) is 6.54 Å². The number of carboxylic acid groups (broad SMARTS) is 1. The number of hydrogen-bond acceptors (Lipinski definition) is 3. The fourth-order valence-corrected chi connectivity index (χ4v) is 3.04. The van der Waals surface area contributed by atoms with Gasteiger partial charge in [-0.3, -0.25) is 4.79 Å². The quantitative estimate of drug-likeness (QED) is 0.781. The van der Waals surface area contributed by atoms with Crippen molar-refractivity contribution in [3.05, 3.63) is 28.8 Å². The van der Waals surface area contributed by atoms with Crippen LogP contribution in [0.4, 0.5) is 0 Å². The molecule has 1 aliphatic rings. The van der Waals surface area contributed by atoms with Gasteiger partial charge >= 0.3 is 5.97 Å². The molecule has 1 aromatic rings. The maximum Gasteiger partial charge on any atom is 0.306 e. The van der Waals surface area contributed by atoms with Crippen molar-refractivity contribution in [1.82, 2.24) is 5.32 Å². The van der Waals surface area contributed by atoms with Crippen LogP contribution in [-0.2, 0) is 11.3 Å². The summed E-state index contributed by atoms with van der Waals surface area (Å²) in [6.07, 6.45) is 3.88. The molecule has 3 N–H and O–H groups in total. The molecule has 0 amide bonds. The smallest absolute Gasteiger partial charge is 0.306 e. The lowest BCUT2D eigenvalue weighted by molar-refractivity contribution is -0.144. The monoisotopic (exact) mass is 297 g/mol. The number of rotatable bonds is 5. The molecule has 0 bridgehead atoms. The summed E-state index contributed by atoms with van der Waals surface area (Å²) in [5, 5.41) is 22.2. The van der Waals surface area contributed by atoms with Crippen molar-refractivity contribution in [3.63, 3.8) is 0 Å². The molecule has 0 aromatic heterocycles. The van der Waals surface area contributed by atoms with E-state index in [9.17, 15) is 15.0 Å². The zero-order chi connectivity index (χ0) is 14.5. The van der Waals surface area contributed by atoms with Gasteiger partial charge in [-0.25, -0.2) is 0 Å². The lowest BCUT2D eigenvalue weighted by Crippen LogP contribution is -2.34. The lowest BCUT2D eigenvalue weighted by Gasteiger charge is -2.28. The molecular formula is C15H20ClNO3. The second-order valence-electron chi connectivity index (χ2n) is 5.41. The van der Waals surface area contributed by atoms with Gasteiger partial charge < -0.3 is 15.5 Å². The minimum Gasteiger partial charge on any atom is -0.506 e. The molecule has 1 aromatic carbocycles. The molecule has 110 valence electrons. The summed E-state index contributed by atoms with van der Waals surface area (Å²) in [6, 6.07) is 5.10. The standard InChI is InChI=1S/C15H20ClNO3/c16-13-7-10(5-6-14(13)18)8-17-9-11-3-1-2-4-12(11)15(19)20/h5-7,11-12,17-18H,1-4,8-9H2,(H,19,20). The summed E-state index contributed by atoms with van der Waals surface area (Å²) in [4.78, 5) is 11.2. The van der Waals surface area contributed by atoms with Gasteiger partial charge in [-0.1, -0.05) is 30.5 Å². The van der Waals surface area contributed by atoms with Crippen LogP contribution >= 0.6 is 11.6 Å². The Morgan fingerprint density at radius 2 is 2.10 bits per heavy atom. The van der Waals surface area contributed by atoms with E-state index in [1.807, 2.05) is 6.07 Å². The molecule has 4 nitrogen and oxygen atoms in total. The molecule has 20 heavy (non-hydrogen) atoms. The van der Waals surface area contributed by atoms with Gasteiger partial charge in [0.05, 0.1) is 10.9 Å². The molecule has 2 unspecified atom stereocenters. The van der Waals surface area contributed by atoms with Crippen LogP contribution in [0.15, 0.2) is 18.2 Å². The third-order valence-electron chi connectivity index (χ3n) is 3.97. The molecule has 1 saturated carbocycles. The Kier molecular flexibility index (Phi) is 5.26. The van der Waals surface area contributed by atoms with E-state index < -0.39 is 5.97 Å². The maximum absolute atomic E-state index is 11.2. The second-order valence-corrected chi connectivity index (χ2v) is 5.81. The number of aliphatic carboxylic acids is 1. The van der Waals surface area contributed by atoms with E-state index in [0.29, 0.717) is 18.1 Å². The summed E-state index contributed by atoms with van der Waals surface area (Å²) >= 11 is 5.85. The van der Waals surface area contributed by atoms with Crippen molar-refractivity contribution in [1.29, 1.82) is 0 Å². The summed E-state index contributed by atoms with van der Waals surface area (Å²) in [5.74, 6) is -0.619. The number of aromatic hydroxyl groups is 1. The van der Waals surface area contributed by atoms with Crippen LogP contribution in [0.5, 0.6) is 5.75 Å². The molecule has 0 aliphatic heterocycles. The van der Waals surface area contributed by atoms with Gasteiger partial charge in [0.2, 0.25) is 0 Å². The number of phenols is 1. The minimum atomic E-state index is -0.677. The minimum absolute atomic E-state index is 0.0774. The maximum atomic E-state index is 11.2. The summed E-state index contributed by atoms with van der Waals surface area (Å²) < 4.78 is 0. The molecule has 1 aliphatic carbocycles. The average Bonchev–Trinajstić information content (AvgIpc) is 2.43. The van der Waals surface area contributed by atoms with Crippen LogP contribution in [-0.4, -0.2) is 22.7 Å². The fourth-order valence-electron chi connectivity index (χ4n) is 2.84. The second kappa shape index (κ2) is 6.95. The van der Waals surface area contributed by atoms with Crippen LogP contribution in [0, 0.1) is 11.8 Å². The van der Waals surface area contributed by atoms with Crippen LogP contribution in [0.1, 0.15) is 31.2 Å². The van der Waals surface area contributed by atoms with Gasteiger partial charge in [0.15, 0.2) is 0 Å². The van der Waals surface area contributed by atoms with Crippen LogP contribution in [0.3, 0.4) is 0 Å². The van der Waals surface area contributed by atoms with Crippen LogP contribution in [0.2, 0.25) is 5.02 Å². The SMILES string of the molecule is O=C(O)C1CCCCC1CNCc1ccc(O)c(Cl)c1. The lowest BCUT2D eigenvalue weighted by atomic mass is 9.79. The molecule has 5 heteroatoms. The zero-order valence-electron chi connectivity index (χ0n) is 11.3. The summed E-state index contributed by atoms with van der Waals surface area (Å²) in [6.45, 7) is 1.33. The normalized spacial score (nSPS) is 22.6. The highest BCUT2D eigenvalue weighted by atomic mass is 35.5. The predicted octanol–water partition coefficient (Wildman–Crippen LogP) is 3.03. The zero-order valence-corrected chi connectivity index (χ0v) is 12.1. The van der Waals surface area contributed by atoms with Crippen molar-refractivity contribution >= 4 is 17.6 Å². The molecular weight excluding hydrogens is 278 g/mol. The number of benzene rings is 1. The Morgan fingerprint density at radius 3 is 2.80 bits per heavy atom. The van der Waals surface area contributed by atoms with Gasteiger partial charge in [0.1, 0.15) is 5.75 Å². The number of phenolic OH excluding ortho intramolecular Hbond substituents is 1. The first kappa shape index (κ1) is 15.1. The van der Waals surface area contributed by atoms with E-state index >= 15 is 0 Å². The predicted molar refractivity (Wildman–Crippen MR) is 77.9 cm³/mol. The Hall–Kier alpha value is -1.26. The third kappa shape index (κ3) is 3.87. The number of hydrogen-bond donors (Lipinski definition) is 3. The Labute approximate surface area is 123 Å². The van der Waals surface area contributed by atoms with Gasteiger partial charge in [-0.15, -0.1) is 0 Å². The van der Waals surface area contributed by atoms with E-state index in [1.165, 1.54) is 0 Å². The van der Waals surface area contributed by atoms with Crippen molar-refractivity contribution in [2.45, 2.75) is 32.2 Å². The Morgan fingerprint density at radius 1 is 1.35 bits per heavy atom. The number of carboxylic acids is 1. The van der Waals surface area contributed by atoms with Crippen molar-refractivity contribution in [3.8, 4) is 5.75 Å². The average molecular weight is 298 g/mol. The van der Waals surface area contributed by atoms with Gasteiger partial charge in [-0.2, -0.15) is 0 Å². The van der Waals surface area contributed by atoms with Gasteiger partial charge in [-0.05, 0) is 43.0 Å². The molecule has 1 fully saturated rings. The number of halogens is 1. The molecule has 0 heterocycles. The van der Waals surface area contributed by atoms with Crippen molar-refractivity contribution in [2.75, 3.05) is 6.54 Å². The Bertz CT molecular complexity index is 478. The first-order valence-electron chi connectivity index (χ1n) is 6.99. The largest absolute Gasteiger partial charge is 0.506 e. The molecule has 0 radical (unpaired) electrons. The summed E-state index contributed by atoms with van der Waals surface area (Å²) in [5.41, 5.74) is 0.982. The molecule has 0 spiro atoms. The fraction of sp³-hybridized carbons (Fsp3) is 0.533. The third-order valence-corrected chi connectivity index (χ3v) is 4.28. The Balaban J connectivity index is 1.85. The van der Waals surface area contributed by atoms with E-state index in [4.69, 9.17) is 11.6 Å². The highest BCUT2D eigenvalue weighted by Gasteiger charge is 2.30. The first-order chi connectivity index (χ1) is 9.58. The van der Waals surface area contributed by atoms with E-state index in [0.717, 1.165) is 31.2 Å². The molecule has 2 atom stereocenters. The number of carbonyl (C=O) groups is 1. The van der Waals surface area contributed by atoms with E-state index in [-0.39, 0.29) is 17.6 Å². The molecule has 0 saturated heterocycles. The highest BCUT2D eigenvalue weighted by molar-refractivity contribution is 6.32. The number of nitrogens with one attached hydrogen (secondary N) is 1. The van der Waals surface area contributed by atoms with E-state index in [1.54, 1.807) is 12.1 Å². The molecule has 2 rings (SSSR count). The van der Waals surface area contributed by atoms with E-state index in [2.05, 4.69) is 5.32 Å². The summed E-state index contributed by atoms with van der Waals surface area (Å²) in [7, 11) is 0. The van der Waals surface area contributed by atoms with Crippen molar-refractivity contribution < 1.29 is 15.0 Å². The topological polar surface area (TPSA) is 69.6 Å². The van der Waals surface area contributed by atoms with Crippen LogP contribution < -0.4 is 5.32 Å². The highest BCUT2D eigenvalue weighted by Crippen LogP contribution is 2.30.